The summed E-state index contributed by atoms with van der Waals surface area (Å²) >= 11 is 6.79. The van der Waals surface area contributed by atoms with Crippen molar-refractivity contribution in [3.8, 4) is 0 Å². The third kappa shape index (κ3) is 3.83. The molecular weight excluding hydrogens is 400 g/mol. The first-order chi connectivity index (χ1) is 10.0. The molecule has 6 heteroatoms. The Labute approximate surface area is 140 Å². The first-order valence-electron chi connectivity index (χ1n) is 6.24. The molecule has 0 fully saturated rings. The molecule has 4 nitrogen and oxygen atoms in total. The van der Waals surface area contributed by atoms with Crippen LogP contribution in [0, 0.1) is 6.92 Å². The molecule has 0 aliphatic rings. The fraction of sp³-hybridized carbons (Fsp3) is 0.200. The van der Waals surface area contributed by atoms with Gasteiger partial charge in [-0.2, -0.15) is 0 Å². The molecule has 0 saturated heterocycles. The lowest BCUT2D eigenvalue weighted by atomic mass is 10.1. The van der Waals surface area contributed by atoms with Crippen molar-refractivity contribution in [1.82, 2.24) is 4.98 Å². The molecule has 0 saturated carbocycles. The number of hydrogen-bond acceptors (Lipinski definition) is 4. The molecule has 1 unspecified atom stereocenters. The standard InChI is InChI=1S/C15H14Br2N2O2/c1-9-5-3-4-6-12(9)19-14(15(20)21-2)13-11(17)7-10(16)8-18-13/h3-8,14,19H,1-2H3. The minimum absolute atomic E-state index is 0.395. The van der Waals surface area contributed by atoms with E-state index in [-0.39, 0.29) is 0 Å². The van der Waals surface area contributed by atoms with E-state index >= 15 is 0 Å². The van der Waals surface area contributed by atoms with Crippen molar-refractivity contribution in [2.75, 3.05) is 12.4 Å². The fourth-order valence-electron chi connectivity index (χ4n) is 1.88. The van der Waals surface area contributed by atoms with E-state index in [9.17, 15) is 4.79 Å². The van der Waals surface area contributed by atoms with E-state index < -0.39 is 12.0 Å². The minimum atomic E-state index is -0.682. The van der Waals surface area contributed by atoms with Gasteiger partial charge in [0.2, 0.25) is 0 Å². The van der Waals surface area contributed by atoms with Gasteiger partial charge in [-0.3, -0.25) is 4.98 Å². The number of rotatable bonds is 4. The van der Waals surface area contributed by atoms with Gasteiger partial charge in [-0.15, -0.1) is 0 Å². The summed E-state index contributed by atoms with van der Waals surface area (Å²) in [6.07, 6.45) is 1.65. The number of benzene rings is 1. The quantitative estimate of drug-likeness (QED) is 0.761. The molecule has 1 N–H and O–H groups in total. The molecule has 0 bridgehead atoms. The van der Waals surface area contributed by atoms with E-state index in [1.807, 2.05) is 37.3 Å². The van der Waals surface area contributed by atoms with Crippen molar-refractivity contribution < 1.29 is 9.53 Å². The smallest absolute Gasteiger partial charge is 0.334 e. The number of pyridine rings is 1. The number of para-hydroxylation sites is 1. The van der Waals surface area contributed by atoms with Crippen molar-refractivity contribution >= 4 is 43.5 Å². The highest BCUT2D eigenvalue weighted by Crippen LogP contribution is 2.29. The summed E-state index contributed by atoms with van der Waals surface area (Å²) in [4.78, 5) is 16.4. The molecular formula is C15H14Br2N2O2. The van der Waals surface area contributed by atoms with Gasteiger partial charge in [0.05, 0.1) is 12.8 Å². The third-order valence-electron chi connectivity index (χ3n) is 2.99. The Morgan fingerprint density at radius 3 is 2.67 bits per heavy atom. The van der Waals surface area contributed by atoms with Crippen LogP contribution in [0.3, 0.4) is 0 Å². The van der Waals surface area contributed by atoms with E-state index in [0.717, 1.165) is 20.2 Å². The predicted molar refractivity (Wildman–Crippen MR) is 89.2 cm³/mol. The first kappa shape index (κ1) is 16.0. The maximum atomic E-state index is 12.1. The summed E-state index contributed by atoms with van der Waals surface area (Å²) in [7, 11) is 1.36. The second-order valence-corrected chi connectivity index (χ2v) is 6.21. The maximum absolute atomic E-state index is 12.1. The van der Waals surface area contributed by atoms with Crippen molar-refractivity contribution in [2.45, 2.75) is 13.0 Å². The number of hydrogen-bond donors (Lipinski definition) is 1. The molecule has 1 aromatic heterocycles. The van der Waals surface area contributed by atoms with E-state index in [2.05, 4.69) is 42.2 Å². The largest absolute Gasteiger partial charge is 0.467 e. The third-order valence-corrected chi connectivity index (χ3v) is 4.06. The van der Waals surface area contributed by atoms with Crippen LogP contribution >= 0.6 is 31.9 Å². The second-order valence-electron chi connectivity index (χ2n) is 4.44. The van der Waals surface area contributed by atoms with Crippen LogP contribution in [-0.2, 0) is 9.53 Å². The van der Waals surface area contributed by atoms with E-state index in [0.29, 0.717) is 5.69 Å². The zero-order valence-corrected chi connectivity index (χ0v) is 14.7. The van der Waals surface area contributed by atoms with Gasteiger partial charge in [-0.05, 0) is 56.5 Å². The lowest BCUT2D eigenvalue weighted by molar-refractivity contribution is -0.141. The SMILES string of the molecule is COC(=O)C(Nc1ccccc1C)c1ncc(Br)cc1Br. The first-order valence-corrected chi connectivity index (χ1v) is 7.82. The van der Waals surface area contributed by atoms with Crippen LogP contribution in [0.5, 0.6) is 0 Å². The zero-order valence-electron chi connectivity index (χ0n) is 11.6. The molecule has 0 aliphatic heterocycles. The number of halogens is 2. The number of aryl methyl sites for hydroxylation is 1. The summed E-state index contributed by atoms with van der Waals surface area (Å²) in [5.41, 5.74) is 2.48. The molecule has 1 aromatic carbocycles. The van der Waals surface area contributed by atoms with Crippen LogP contribution in [0.4, 0.5) is 5.69 Å². The maximum Gasteiger partial charge on any atom is 0.334 e. The average molecular weight is 414 g/mol. The van der Waals surface area contributed by atoms with Gasteiger partial charge in [0, 0.05) is 20.8 Å². The Morgan fingerprint density at radius 1 is 1.33 bits per heavy atom. The number of nitrogens with zero attached hydrogens (tertiary/aromatic N) is 1. The Kier molecular flexibility index (Phi) is 5.36. The Hall–Kier alpha value is -1.40. The van der Waals surface area contributed by atoms with Crippen LogP contribution in [0.15, 0.2) is 45.5 Å². The van der Waals surface area contributed by atoms with Crippen LogP contribution in [-0.4, -0.2) is 18.1 Å². The molecule has 1 atom stereocenters. The van der Waals surface area contributed by atoms with E-state index in [4.69, 9.17) is 4.74 Å². The van der Waals surface area contributed by atoms with Gasteiger partial charge >= 0.3 is 5.97 Å². The van der Waals surface area contributed by atoms with Crippen molar-refractivity contribution in [3.05, 3.63) is 56.7 Å². The predicted octanol–water partition coefficient (Wildman–Crippen LogP) is 4.24. The molecule has 1 heterocycles. The summed E-state index contributed by atoms with van der Waals surface area (Å²) in [5.74, 6) is -0.395. The summed E-state index contributed by atoms with van der Waals surface area (Å²) in [6, 6.07) is 8.91. The number of aromatic nitrogens is 1. The van der Waals surface area contributed by atoms with Crippen molar-refractivity contribution in [2.24, 2.45) is 0 Å². The number of carbonyl (C=O) groups is 1. The Morgan fingerprint density at radius 2 is 2.05 bits per heavy atom. The van der Waals surface area contributed by atoms with Gasteiger partial charge in [0.15, 0.2) is 6.04 Å². The van der Waals surface area contributed by atoms with Gasteiger partial charge < -0.3 is 10.1 Å². The summed E-state index contributed by atoms with van der Waals surface area (Å²) < 4.78 is 6.45. The highest BCUT2D eigenvalue weighted by molar-refractivity contribution is 9.11. The highest BCUT2D eigenvalue weighted by atomic mass is 79.9. The number of anilines is 1. The monoisotopic (exact) mass is 412 g/mol. The molecule has 0 amide bonds. The number of esters is 1. The molecule has 0 spiro atoms. The van der Waals surface area contributed by atoms with Crippen LogP contribution < -0.4 is 5.32 Å². The van der Waals surface area contributed by atoms with Crippen molar-refractivity contribution in [3.63, 3.8) is 0 Å². The number of ether oxygens (including phenoxy) is 1. The van der Waals surface area contributed by atoms with Gasteiger partial charge in [-0.25, -0.2) is 4.79 Å². The molecule has 2 rings (SSSR count). The molecule has 0 radical (unpaired) electrons. The van der Waals surface area contributed by atoms with Crippen LogP contribution in [0.2, 0.25) is 0 Å². The zero-order chi connectivity index (χ0) is 15.4. The van der Waals surface area contributed by atoms with Gasteiger partial charge in [-0.1, -0.05) is 18.2 Å². The number of methoxy groups -OCH3 is 1. The van der Waals surface area contributed by atoms with Gasteiger partial charge in [0.1, 0.15) is 0 Å². The molecule has 0 aliphatic carbocycles. The fourth-order valence-corrected chi connectivity index (χ4v) is 3.10. The van der Waals surface area contributed by atoms with Crippen molar-refractivity contribution in [1.29, 1.82) is 0 Å². The van der Waals surface area contributed by atoms with E-state index in [1.165, 1.54) is 7.11 Å². The Bertz CT molecular complexity index is 662. The number of carbonyl (C=O) groups excluding carboxylic acids is 1. The molecule has 110 valence electrons. The lowest BCUT2D eigenvalue weighted by Crippen LogP contribution is -2.24. The van der Waals surface area contributed by atoms with Crippen LogP contribution in [0.1, 0.15) is 17.3 Å². The topological polar surface area (TPSA) is 51.2 Å². The lowest BCUT2D eigenvalue weighted by Gasteiger charge is -2.19. The van der Waals surface area contributed by atoms with Gasteiger partial charge in [0.25, 0.3) is 0 Å². The normalized spacial score (nSPS) is 11.8. The highest BCUT2D eigenvalue weighted by Gasteiger charge is 2.25. The average Bonchev–Trinajstić information content (AvgIpc) is 2.46. The minimum Gasteiger partial charge on any atom is -0.467 e. The molecule has 2 aromatic rings. The van der Waals surface area contributed by atoms with Crippen LogP contribution in [0.25, 0.3) is 0 Å². The summed E-state index contributed by atoms with van der Waals surface area (Å²) in [6.45, 7) is 1.97. The molecule has 21 heavy (non-hydrogen) atoms. The van der Waals surface area contributed by atoms with E-state index in [1.54, 1.807) is 6.20 Å². The Balaban J connectivity index is 2.40. The second kappa shape index (κ2) is 7.04. The summed E-state index contributed by atoms with van der Waals surface area (Å²) in [5, 5.41) is 3.19. The number of nitrogens with one attached hydrogen (secondary N) is 1.